The van der Waals surface area contributed by atoms with Crippen molar-refractivity contribution < 1.29 is 0 Å². The predicted octanol–water partition coefficient (Wildman–Crippen LogP) is 0.264. The minimum absolute atomic E-state index is 0.394. The summed E-state index contributed by atoms with van der Waals surface area (Å²) >= 11 is 0. The van der Waals surface area contributed by atoms with E-state index in [9.17, 15) is 0 Å². The molecular weight excluding hydrogens is 190 g/mol. The van der Waals surface area contributed by atoms with Gasteiger partial charge < -0.3 is 5.32 Å². The molecule has 1 aromatic heterocycles. The van der Waals surface area contributed by atoms with E-state index in [-0.39, 0.29) is 0 Å². The van der Waals surface area contributed by atoms with Gasteiger partial charge in [-0.2, -0.15) is 0 Å². The molecule has 0 unspecified atom stereocenters. The van der Waals surface area contributed by atoms with E-state index in [0.29, 0.717) is 6.04 Å². The van der Waals surface area contributed by atoms with Crippen molar-refractivity contribution in [1.29, 1.82) is 0 Å². The highest BCUT2D eigenvalue weighted by Crippen LogP contribution is 2.09. The summed E-state index contributed by atoms with van der Waals surface area (Å²) in [5.41, 5.74) is 1.21. The van der Waals surface area contributed by atoms with Crippen LogP contribution >= 0.6 is 0 Å². The maximum Gasteiger partial charge on any atom is 0.0738 e. The zero-order chi connectivity index (χ0) is 10.7. The van der Waals surface area contributed by atoms with Crippen molar-refractivity contribution in [1.82, 2.24) is 25.2 Å². The second-order valence-corrected chi connectivity index (χ2v) is 4.29. The first-order chi connectivity index (χ1) is 7.27. The van der Waals surface area contributed by atoms with Crippen LogP contribution in [0.25, 0.3) is 0 Å². The van der Waals surface area contributed by atoms with Gasteiger partial charge in [0.2, 0.25) is 0 Å². The SMILES string of the molecule is CC(C)n1nncc1CN1CCNCC1. The third-order valence-corrected chi connectivity index (χ3v) is 2.73. The summed E-state index contributed by atoms with van der Waals surface area (Å²) in [5.74, 6) is 0. The summed E-state index contributed by atoms with van der Waals surface area (Å²) in [4.78, 5) is 2.44. The predicted molar refractivity (Wildman–Crippen MR) is 58.6 cm³/mol. The first-order valence-electron chi connectivity index (χ1n) is 5.59. The van der Waals surface area contributed by atoms with Crippen LogP contribution in [0.4, 0.5) is 0 Å². The molecule has 84 valence electrons. The van der Waals surface area contributed by atoms with Gasteiger partial charge in [0.15, 0.2) is 0 Å². The Labute approximate surface area is 90.5 Å². The Balaban J connectivity index is 1.99. The molecule has 1 saturated heterocycles. The molecule has 0 spiro atoms. The van der Waals surface area contributed by atoms with E-state index in [1.807, 2.05) is 10.9 Å². The van der Waals surface area contributed by atoms with Crippen LogP contribution in [0.5, 0.6) is 0 Å². The first-order valence-corrected chi connectivity index (χ1v) is 5.59. The molecule has 0 saturated carbocycles. The quantitative estimate of drug-likeness (QED) is 0.776. The van der Waals surface area contributed by atoms with Crippen molar-refractivity contribution in [3.8, 4) is 0 Å². The highest BCUT2D eigenvalue weighted by molar-refractivity contribution is 4.95. The number of rotatable bonds is 3. The topological polar surface area (TPSA) is 46.0 Å². The molecule has 0 bridgehead atoms. The molecule has 2 rings (SSSR count). The molecule has 5 nitrogen and oxygen atoms in total. The van der Waals surface area contributed by atoms with Crippen LogP contribution in [0.15, 0.2) is 6.20 Å². The van der Waals surface area contributed by atoms with Crippen molar-refractivity contribution in [2.75, 3.05) is 26.2 Å². The molecule has 1 aromatic rings. The Morgan fingerprint density at radius 3 is 2.80 bits per heavy atom. The number of hydrogen-bond acceptors (Lipinski definition) is 4. The van der Waals surface area contributed by atoms with Crippen molar-refractivity contribution in [2.45, 2.75) is 26.4 Å². The third kappa shape index (κ3) is 2.54. The van der Waals surface area contributed by atoms with E-state index < -0.39 is 0 Å². The third-order valence-electron chi connectivity index (χ3n) is 2.73. The van der Waals surface area contributed by atoms with Crippen molar-refractivity contribution in [3.63, 3.8) is 0 Å². The minimum Gasteiger partial charge on any atom is -0.314 e. The van der Waals surface area contributed by atoms with E-state index in [0.717, 1.165) is 32.7 Å². The lowest BCUT2D eigenvalue weighted by Gasteiger charge is -2.27. The number of hydrogen-bond donors (Lipinski definition) is 1. The lowest BCUT2D eigenvalue weighted by Crippen LogP contribution is -2.43. The van der Waals surface area contributed by atoms with Gasteiger partial charge in [-0.1, -0.05) is 5.21 Å². The maximum absolute atomic E-state index is 4.11. The summed E-state index contributed by atoms with van der Waals surface area (Å²) in [6.45, 7) is 9.64. The second kappa shape index (κ2) is 4.72. The van der Waals surface area contributed by atoms with Crippen LogP contribution in [-0.2, 0) is 6.54 Å². The van der Waals surface area contributed by atoms with Crippen molar-refractivity contribution in [2.24, 2.45) is 0 Å². The molecule has 0 aromatic carbocycles. The largest absolute Gasteiger partial charge is 0.314 e. The zero-order valence-electron chi connectivity index (χ0n) is 9.48. The van der Waals surface area contributed by atoms with Gasteiger partial charge in [-0.05, 0) is 13.8 Å². The zero-order valence-corrected chi connectivity index (χ0v) is 9.48. The Hall–Kier alpha value is -0.940. The number of nitrogens with one attached hydrogen (secondary N) is 1. The van der Waals surface area contributed by atoms with Gasteiger partial charge in [-0.15, -0.1) is 5.10 Å². The molecule has 0 radical (unpaired) electrons. The van der Waals surface area contributed by atoms with Gasteiger partial charge in [0, 0.05) is 38.8 Å². The van der Waals surface area contributed by atoms with Crippen molar-refractivity contribution >= 4 is 0 Å². The summed E-state index contributed by atoms with van der Waals surface area (Å²) in [6.07, 6.45) is 1.88. The van der Waals surface area contributed by atoms with Gasteiger partial charge in [0.25, 0.3) is 0 Å². The average Bonchev–Trinajstić information content (AvgIpc) is 2.67. The minimum atomic E-state index is 0.394. The Kier molecular flexibility index (Phi) is 3.33. The molecule has 0 aliphatic carbocycles. The van der Waals surface area contributed by atoms with E-state index in [1.165, 1.54) is 5.69 Å². The molecule has 5 heteroatoms. The van der Waals surface area contributed by atoms with Crippen LogP contribution in [0.1, 0.15) is 25.6 Å². The van der Waals surface area contributed by atoms with Crippen LogP contribution < -0.4 is 5.32 Å². The average molecular weight is 209 g/mol. The van der Waals surface area contributed by atoms with E-state index >= 15 is 0 Å². The van der Waals surface area contributed by atoms with Crippen LogP contribution in [0.2, 0.25) is 0 Å². The maximum atomic E-state index is 4.11. The molecular formula is C10H19N5. The van der Waals surface area contributed by atoms with E-state index in [1.54, 1.807) is 0 Å². The lowest BCUT2D eigenvalue weighted by molar-refractivity contribution is 0.225. The van der Waals surface area contributed by atoms with Gasteiger partial charge in [0.05, 0.1) is 11.9 Å². The highest BCUT2D eigenvalue weighted by Gasteiger charge is 2.14. The van der Waals surface area contributed by atoms with E-state index in [2.05, 4.69) is 34.4 Å². The smallest absolute Gasteiger partial charge is 0.0738 e. The monoisotopic (exact) mass is 209 g/mol. The fraction of sp³-hybridized carbons (Fsp3) is 0.800. The lowest BCUT2D eigenvalue weighted by atomic mass is 10.3. The second-order valence-electron chi connectivity index (χ2n) is 4.29. The Morgan fingerprint density at radius 1 is 1.40 bits per heavy atom. The molecule has 1 N–H and O–H groups in total. The summed E-state index contributed by atoms with van der Waals surface area (Å²) in [5, 5.41) is 11.4. The van der Waals surface area contributed by atoms with Gasteiger partial charge >= 0.3 is 0 Å². The first kappa shape index (κ1) is 10.6. The standard InChI is InChI=1S/C10H19N5/c1-9(2)15-10(7-12-13-15)8-14-5-3-11-4-6-14/h7,9,11H,3-6,8H2,1-2H3. The molecule has 0 amide bonds. The van der Waals surface area contributed by atoms with Crippen LogP contribution in [-0.4, -0.2) is 46.1 Å². The summed E-state index contributed by atoms with van der Waals surface area (Å²) in [6, 6.07) is 0.394. The molecule has 1 aliphatic rings. The van der Waals surface area contributed by atoms with E-state index in [4.69, 9.17) is 0 Å². The normalized spacial score (nSPS) is 18.6. The van der Waals surface area contributed by atoms with Crippen LogP contribution in [0.3, 0.4) is 0 Å². The Bertz CT molecular complexity index is 301. The Morgan fingerprint density at radius 2 is 2.13 bits per heavy atom. The molecule has 0 atom stereocenters. The van der Waals surface area contributed by atoms with Gasteiger partial charge in [0.1, 0.15) is 0 Å². The van der Waals surface area contributed by atoms with Crippen molar-refractivity contribution in [3.05, 3.63) is 11.9 Å². The van der Waals surface area contributed by atoms with Gasteiger partial charge in [-0.25, -0.2) is 4.68 Å². The number of aromatic nitrogens is 3. The number of piperazine rings is 1. The van der Waals surface area contributed by atoms with Crippen LogP contribution in [0, 0.1) is 0 Å². The molecule has 1 fully saturated rings. The molecule has 15 heavy (non-hydrogen) atoms. The fourth-order valence-corrected chi connectivity index (χ4v) is 1.91. The summed E-state index contributed by atoms with van der Waals surface area (Å²) < 4.78 is 2.00. The summed E-state index contributed by atoms with van der Waals surface area (Å²) in [7, 11) is 0. The van der Waals surface area contributed by atoms with Gasteiger partial charge in [-0.3, -0.25) is 4.90 Å². The molecule has 1 aliphatic heterocycles. The molecule has 2 heterocycles. The number of nitrogens with zero attached hydrogens (tertiary/aromatic N) is 4. The fourth-order valence-electron chi connectivity index (χ4n) is 1.91. The highest BCUT2D eigenvalue weighted by atomic mass is 15.4.